The number of anilines is 3. The van der Waals surface area contributed by atoms with E-state index in [0.717, 1.165) is 16.7 Å². The van der Waals surface area contributed by atoms with E-state index in [1.807, 2.05) is 6.07 Å². The summed E-state index contributed by atoms with van der Waals surface area (Å²) in [7, 11) is 0. The fourth-order valence-electron chi connectivity index (χ4n) is 4.03. The molecule has 0 bridgehead atoms. The van der Waals surface area contributed by atoms with Crippen LogP contribution in [-0.4, -0.2) is 58.5 Å². The highest BCUT2D eigenvalue weighted by molar-refractivity contribution is 6.03. The number of carbonyl (C=O) groups excluding carboxylic acids is 2. The summed E-state index contributed by atoms with van der Waals surface area (Å²) in [6.07, 6.45) is -1.40. The monoisotopic (exact) mass is 453 g/mol. The molecule has 0 fully saturated rings. The predicted octanol–water partition coefficient (Wildman–Crippen LogP) is 0.297. The minimum Gasteiger partial charge on any atom is -0.395 e. The first-order valence-electron chi connectivity index (χ1n) is 10.8. The van der Waals surface area contributed by atoms with Crippen molar-refractivity contribution in [1.82, 2.24) is 0 Å². The molecule has 10 heteroatoms. The van der Waals surface area contributed by atoms with Crippen LogP contribution in [0.15, 0.2) is 41.4 Å². The zero-order valence-electron chi connectivity index (χ0n) is 18.0. The first-order chi connectivity index (χ1) is 15.9. The van der Waals surface area contributed by atoms with Crippen LogP contribution < -0.4 is 21.3 Å². The molecule has 0 aromatic heterocycles. The molecule has 174 valence electrons. The molecular weight excluding hydrogens is 426 g/mol. The third-order valence-electron chi connectivity index (χ3n) is 5.78. The number of aliphatic imine (C=N–C) groups is 1. The Morgan fingerprint density at radius 2 is 2.06 bits per heavy atom. The van der Waals surface area contributed by atoms with Gasteiger partial charge < -0.3 is 36.6 Å². The van der Waals surface area contributed by atoms with E-state index in [4.69, 9.17) is 5.73 Å². The van der Waals surface area contributed by atoms with E-state index in [1.54, 1.807) is 30.3 Å². The number of nitrogens with two attached hydrogens (primary N) is 1. The third-order valence-corrected chi connectivity index (χ3v) is 5.78. The number of aliphatic hydroxyl groups is 3. The molecule has 2 aliphatic heterocycles. The molecule has 0 spiro atoms. The molecule has 0 saturated carbocycles. The van der Waals surface area contributed by atoms with E-state index in [1.165, 1.54) is 4.90 Å². The van der Waals surface area contributed by atoms with Gasteiger partial charge in [-0.05, 0) is 54.3 Å². The third kappa shape index (κ3) is 4.98. The van der Waals surface area contributed by atoms with E-state index in [9.17, 15) is 24.9 Å². The van der Waals surface area contributed by atoms with E-state index in [-0.39, 0.29) is 13.2 Å². The van der Waals surface area contributed by atoms with Gasteiger partial charge in [0.15, 0.2) is 0 Å². The lowest BCUT2D eigenvalue weighted by atomic mass is 10.0. The fraction of sp³-hybridized carbons (Fsp3) is 0.348. The van der Waals surface area contributed by atoms with E-state index < -0.39 is 30.6 Å². The second-order valence-corrected chi connectivity index (χ2v) is 8.09. The predicted molar refractivity (Wildman–Crippen MR) is 124 cm³/mol. The van der Waals surface area contributed by atoms with Crippen molar-refractivity contribution in [3.8, 4) is 0 Å². The first kappa shape index (κ1) is 22.7. The van der Waals surface area contributed by atoms with E-state index in [0.29, 0.717) is 42.3 Å². The summed E-state index contributed by atoms with van der Waals surface area (Å²) in [4.78, 5) is 30.8. The summed E-state index contributed by atoms with van der Waals surface area (Å²) < 4.78 is 0. The zero-order valence-corrected chi connectivity index (χ0v) is 18.0. The Hall–Kier alpha value is -3.47. The molecule has 2 aliphatic rings. The van der Waals surface area contributed by atoms with Crippen LogP contribution in [0.3, 0.4) is 0 Å². The van der Waals surface area contributed by atoms with Crippen molar-refractivity contribution < 1.29 is 24.9 Å². The van der Waals surface area contributed by atoms with Crippen molar-refractivity contribution in [3.63, 3.8) is 0 Å². The van der Waals surface area contributed by atoms with Gasteiger partial charge in [0.05, 0.1) is 19.6 Å². The average molecular weight is 453 g/mol. The van der Waals surface area contributed by atoms with Crippen LogP contribution >= 0.6 is 0 Å². The van der Waals surface area contributed by atoms with Crippen LogP contribution in [0.2, 0.25) is 0 Å². The molecule has 33 heavy (non-hydrogen) atoms. The number of fused-ring (bicyclic) bond motifs is 2. The molecule has 2 heterocycles. The summed E-state index contributed by atoms with van der Waals surface area (Å²) >= 11 is 0. The highest BCUT2D eigenvalue weighted by Crippen LogP contribution is 2.29. The van der Waals surface area contributed by atoms with Crippen LogP contribution in [0.1, 0.15) is 29.5 Å². The zero-order chi connectivity index (χ0) is 23.5. The Bertz CT molecular complexity index is 1100. The van der Waals surface area contributed by atoms with Crippen LogP contribution in [0.25, 0.3) is 0 Å². The van der Waals surface area contributed by atoms with Gasteiger partial charge in [0, 0.05) is 29.2 Å². The second kappa shape index (κ2) is 9.57. The molecule has 2 atom stereocenters. The SMILES string of the molecule is NC1=NCc2cc(NC(=O)C(O)CC(=O)N(CCO)c3ccc4c(c3)NC(O)CC4)ccc21. The Kier molecular flexibility index (Phi) is 6.59. The standard InChI is InChI=1S/C23H27N5O5/c24-22-17-5-3-15(9-14(17)12-25-22)26-23(33)19(30)11-21(32)28(7-8-29)16-4-1-13-2-6-20(31)27-18(13)10-16/h1,3-5,9-10,19-20,27,29-31H,2,6-8,11-12H2,(H2,24,25)(H,26,33). The Morgan fingerprint density at radius 3 is 2.85 bits per heavy atom. The minimum absolute atomic E-state index is 0.000751. The van der Waals surface area contributed by atoms with Gasteiger partial charge in [-0.2, -0.15) is 0 Å². The second-order valence-electron chi connectivity index (χ2n) is 8.09. The van der Waals surface area contributed by atoms with Gasteiger partial charge >= 0.3 is 0 Å². The largest absolute Gasteiger partial charge is 0.395 e. The number of rotatable bonds is 7. The lowest BCUT2D eigenvalue weighted by molar-refractivity contribution is -0.129. The molecule has 2 aromatic carbocycles. The van der Waals surface area contributed by atoms with Gasteiger partial charge in [-0.3, -0.25) is 14.6 Å². The van der Waals surface area contributed by atoms with Crippen LogP contribution in [0.4, 0.5) is 17.1 Å². The minimum atomic E-state index is -1.58. The van der Waals surface area contributed by atoms with Crippen molar-refractivity contribution in [2.45, 2.75) is 38.1 Å². The summed E-state index contributed by atoms with van der Waals surface area (Å²) in [5.41, 5.74) is 10.2. The van der Waals surface area contributed by atoms with Gasteiger partial charge in [0.2, 0.25) is 5.91 Å². The summed E-state index contributed by atoms with van der Waals surface area (Å²) in [5, 5.41) is 35.2. The van der Waals surface area contributed by atoms with Crippen LogP contribution in [-0.2, 0) is 22.6 Å². The molecule has 2 amide bonds. The molecule has 7 N–H and O–H groups in total. The molecule has 2 aromatic rings. The number of aryl methyl sites for hydroxylation is 1. The molecule has 0 radical (unpaired) electrons. The number of nitrogens with zero attached hydrogens (tertiary/aromatic N) is 2. The Balaban J connectivity index is 1.42. The lowest BCUT2D eigenvalue weighted by Gasteiger charge is -2.27. The smallest absolute Gasteiger partial charge is 0.253 e. The normalized spacial score (nSPS) is 17.3. The highest BCUT2D eigenvalue weighted by Gasteiger charge is 2.25. The maximum atomic E-state index is 12.9. The Labute approximate surface area is 190 Å². The maximum absolute atomic E-state index is 12.9. The van der Waals surface area contributed by atoms with Gasteiger partial charge in [0.1, 0.15) is 18.2 Å². The number of amides is 2. The van der Waals surface area contributed by atoms with Crippen molar-refractivity contribution in [2.75, 3.05) is 28.7 Å². The average Bonchev–Trinajstić information content (AvgIpc) is 3.16. The number of hydrogen-bond donors (Lipinski definition) is 6. The van der Waals surface area contributed by atoms with Gasteiger partial charge in [-0.1, -0.05) is 6.07 Å². The number of nitrogens with one attached hydrogen (secondary N) is 2. The van der Waals surface area contributed by atoms with Gasteiger partial charge in [0.25, 0.3) is 5.91 Å². The maximum Gasteiger partial charge on any atom is 0.253 e. The Morgan fingerprint density at radius 1 is 1.24 bits per heavy atom. The molecule has 0 aliphatic carbocycles. The van der Waals surface area contributed by atoms with Crippen molar-refractivity contribution >= 4 is 34.7 Å². The highest BCUT2D eigenvalue weighted by atomic mass is 16.3. The number of amidine groups is 1. The van der Waals surface area contributed by atoms with Crippen molar-refractivity contribution in [2.24, 2.45) is 10.7 Å². The molecule has 10 nitrogen and oxygen atoms in total. The summed E-state index contributed by atoms with van der Waals surface area (Å²) in [6, 6.07) is 10.5. The van der Waals surface area contributed by atoms with Gasteiger partial charge in [-0.25, -0.2) is 0 Å². The number of aliphatic hydroxyl groups excluding tert-OH is 3. The number of hydrogen-bond acceptors (Lipinski definition) is 8. The summed E-state index contributed by atoms with van der Waals surface area (Å²) in [6.45, 7) is 0.136. The van der Waals surface area contributed by atoms with E-state index >= 15 is 0 Å². The lowest BCUT2D eigenvalue weighted by Crippen LogP contribution is -2.39. The molecule has 4 rings (SSSR count). The molecule has 0 saturated heterocycles. The topological polar surface area (TPSA) is 161 Å². The first-order valence-corrected chi connectivity index (χ1v) is 10.8. The number of benzene rings is 2. The quantitative estimate of drug-likeness (QED) is 0.351. The molecular formula is C23H27N5O5. The summed E-state index contributed by atoms with van der Waals surface area (Å²) in [5.74, 6) is -0.781. The van der Waals surface area contributed by atoms with Crippen molar-refractivity contribution in [1.29, 1.82) is 0 Å². The molecule has 2 unspecified atom stereocenters. The van der Waals surface area contributed by atoms with Crippen molar-refractivity contribution in [3.05, 3.63) is 53.1 Å². The van der Waals surface area contributed by atoms with Gasteiger partial charge in [-0.15, -0.1) is 0 Å². The van der Waals surface area contributed by atoms with E-state index in [2.05, 4.69) is 15.6 Å². The van der Waals surface area contributed by atoms with Crippen LogP contribution in [0, 0.1) is 0 Å². The number of carbonyl (C=O) groups is 2. The van der Waals surface area contributed by atoms with Crippen LogP contribution in [0.5, 0.6) is 0 Å². The fourth-order valence-corrected chi connectivity index (χ4v) is 4.03.